The third-order valence-corrected chi connectivity index (χ3v) is 3.42. The molecule has 1 aliphatic heterocycles. The lowest BCUT2D eigenvalue weighted by molar-refractivity contribution is 0.0594. The second kappa shape index (κ2) is 5.14. The van der Waals surface area contributed by atoms with Crippen LogP contribution >= 0.6 is 0 Å². The van der Waals surface area contributed by atoms with Crippen molar-refractivity contribution in [3.8, 4) is 0 Å². The summed E-state index contributed by atoms with van der Waals surface area (Å²) in [6, 6.07) is 20.0. The average Bonchev–Trinajstić information content (AvgIpc) is 2.49. The van der Waals surface area contributed by atoms with Crippen LogP contribution in [0.2, 0.25) is 0 Å². The molecule has 1 saturated heterocycles. The molecule has 3 rings (SSSR count). The number of nitrogens with one attached hydrogen (secondary N) is 1. The Morgan fingerprint density at radius 1 is 0.895 bits per heavy atom. The normalized spacial score (nSPS) is 22.4. The third kappa shape index (κ3) is 2.45. The van der Waals surface area contributed by atoms with Gasteiger partial charge in [0.15, 0.2) is 0 Å². The van der Waals surface area contributed by atoms with Crippen molar-refractivity contribution in [3.05, 3.63) is 71.8 Å². The van der Waals surface area contributed by atoms with Crippen molar-refractivity contribution < 1.29 is 9.53 Å². The van der Waals surface area contributed by atoms with Gasteiger partial charge in [0.25, 0.3) is 0 Å². The minimum atomic E-state index is -0.346. The van der Waals surface area contributed by atoms with E-state index in [2.05, 4.69) is 17.4 Å². The van der Waals surface area contributed by atoms with Gasteiger partial charge in [-0.25, -0.2) is 4.79 Å². The van der Waals surface area contributed by atoms with Crippen LogP contribution in [0.25, 0.3) is 0 Å². The van der Waals surface area contributed by atoms with Gasteiger partial charge in [0, 0.05) is 12.5 Å². The fourth-order valence-corrected chi connectivity index (χ4v) is 2.48. The summed E-state index contributed by atoms with van der Waals surface area (Å²) in [6.07, 6.45) is -0.571. The second-order valence-electron chi connectivity index (χ2n) is 4.63. The molecule has 1 heterocycles. The van der Waals surface area contributed by atoms with Gasteiger partial charge in [-0.05, 0) is 11.1 Å². The van der Waals surface area contributed by atoms with Crippen molar-refractivity contribution in [1.82, 2.24) is 5.32 Å². The number of cyclic esters (lactones) is 1. The number of benzene rings is 2. The van der Waals surface area contributed by atoms with Crippen molar-refractivity contribution in [2.45, 2.75) is 12.0 Å². The van der Waals surface area contributed by atoms with Gasteiger partial charge in [-0.15, -0.1) is 0 Å². The molecule has 3 nitrogen and oxygen atoms in total. The highest BCUT2D eigenvalue weighted by Crippen LogP contribution is 2.35. The molecule has 2 aromatic carbocycles. The second-order valence-corrected chi connectivity index (χ2v) is 4.63. The summed E-state index contributed by atoms with van der Waals surface area (Å²) in [4.78, 5) is 11.5. The maximum atomic E-state index is 11.5. The number of carbonyl (C=O) groups is 1. The van der Waals surface area contributed by atoms with Crippen LogP contribution < -0.4 is 5.32 Å². The van der Waals surface area contributed by atoms with E-state index in [4.69, 9.17) is 4.74 Å². The molecule has 1 aliphatic rings. The standard InChI is InChI=1S/C16H15NO2/c18-16-17-11-14(12-7-3-1-4-8-12)15(19-16)13-9-5-2-6-10-13/h1-10,14-15H,11H2,(H,17,18)/t14-,15-/m0/s1. The summed E-state index contributed by atoms with van der Waals surface area (Å²) in [5.74, 6) is 0.140. The Morgan fingerprint density at radius 2 is 1.47 bits per heavy atom. The fraction of sp³-hybridized carbons (Fsp3) is 0.188. The van der Waals surface area contributed by atoms with E-state index in [0.29, 0.717) is 6.54 Å². The molecule has 2 aromatic rings. The molecule has 1 N–H and O–H groups in total. The summed E-state index contributed by atoms with van der Waals surface area (Å²) in [5, 5.41) is 2.77. The molecule has 3 heteroatoms. The molecule has 96 valence electrons. The van der Waals surface area contributed by atoms with Gasteiger partial charge in [0.2, 0.25) is 0 Å². The lowest BCUT2D eigenvalue weighted by Gasteiger charge is -2.32. The first-order chi connectivity index (χ1) is 9.34. The van der Waals surface area contributed by atoms with Gasteiger partial charge in [-0.3, -0.25) is 0 Å². The molecule has 19 heavy (non-hydrogen) atoms. The zero-order chi connectivity index (χ0) is 13.1. The van der Waals surface area contributed by atoms with E-state index in [1.165, 1.54) is 5.56 Å². The number of hydrogen-bond donors (Lipinski definition) is 1. The molecule has 0 spiro atoms. The van der Waals surface area contributed by atoms with Gasteiger partial charge in [-0.2, -0.15) is 0 Å². The highest BCUT2D eigenvalue weighted by atomic mass is 16.6. The summed E-state index contributed by atoms with van der Waals surface area (Å²) in [7, 11) is 0. The summed E-state index contributed by atoms with van der Waals surface area (Å²) < 4.78 is 5.49. The van der Waals surface area contributed by atoms with Crippen LogP contribution in [0, 0.1) is 0 Å². The van der Waals surface area contributed by atoms with Crippen LogP contribution in [0.3, 0.4) is 0 Å². The molecule has 1 fully saturated rings. The van der Waals surface area contributed by atoms with E-state index in [9.17, 15) is 4.79 Å². The van der Waals surface area contributed by atoms with E-state index < -0.39 is 0 Å². The lowest BCUT2D eigenvalue weighted by Crippen LogP contribution is -2.39. The Morgan fingerprint density at radius 3 is 2.11 bits per heavy atom. The van der Waals surface area contributed by atoms with Crippen molar-refractivity contribution in [3.63, 3.8) is 0 Å². The topological polar surface area (TPSA) is 38.3 Å². The monoisotopic (exact) mass is 253 g/mol. The molecule has 1 amide bonds. The van der Waals surface area contributed by atoms with Gasteiger partial charge < -0.3 is 10.1 Å². The Kier molecular flexibility index (Phi) is 3.19. The molecule has 0 radical (unpaired) electrons. The molecular formula is C16H15NO2. The zero-order valence-electron chi connectivity index (χ0n) is 10.5. The smallest absolute Gasteiger partial charge is 0.407 e. The zero-order valence-corrected chi connectivity index (χ0v) is 10.5. The predicted molar refractivity (Wildman–Crippen MR) is 72.8 cm³/mol. The van der Waals surface area contributed by atoms with Crippen molar-refractivity contribution in [2.24, 2.45) is 0 Å². The molecule has 0 unspecified atom stereocenters. The predicted octanol–water partition coefficient (Wildman–Crippen LogP) is 3.25. The fourth-order valence-electron chi connectivity index (χ4n) is 2.48. The van der Waals surface area contributed by atoms with Gasteiger partial charge >= 0.3 is 6.09 Å². The van der Waals surface area contributed by atoms with Crippen LogP contribution in [0.4, 0.5) is 4.79 Å². The van der Waals surface area contributed by atoms with E-state index in [1.807, 2.05) is 48.5 Å². The maximum absolute atomic E-state index is 11.5. The van der Waals surface area contributed by atoms with Gasteiger partial charge in [0.05, 0.1) is 0 Å². The van der Waals surface area contributed by atoms with Gasteiger partial charge in [0.1, 0.15) is 6.10 Å². The Labute approximate surface area is 112 Å². The third-order valence-electron chi connectivity index (χ3n) is 3.42. The molecular weight excluding hydrogens is 238 g/mol. The first kappa shape index (κ1) is 11.8. The first-order valence-electron chi connectivity index (χ1n) is 6.39. The molecule has 0 saturated carbocycles. The van der Waals surface area contributed by atoms with Crippen molar-refractivity contribution >= 4 is 6.09 Å². The number of hydrogen-bond acceptors (Lipinski definition) is 2. The van der Waals surface area contributed by atoms with Crippen LogP contribution in [-0.2, 0) is 4.74 Å². The van der Waals surface area contributed by atoms with Gasteiger partial charge in [-0.1, -0.05) is 60.7 Å². The lowest BCUT2D eigenvalue weighted by atomic mass is 9.88. The summed E-state index contributed by atoms with van der Waals surface area (Å²) in [5.41, 5.74) is 2.21. The summed E-state index contributed by atoms with van der Waals surface area (Å²) >= 11 is 0. The Hall–Kier alpha value is -2.29. The minimum absolute atomic E-state index is 0.140. The van der Waals surface area contributed by atoms with Crippen molar-refractivity contribution in [1.29, 1.82) is 0 Å². The molecule has 2 atom stereocenters. The molecule has 0 aliphatic carbocycles. The quantitative estimate of drug-likeness (QED) is 0.892. The van der Waals surface area contributed by atoms with Crippen LogP contribution in [0.5, 0.6) is 0 Å². The SMILES string of the molecule is O=C1NC[C@@H](c2ccccc2)[C@H](c2ccccc2)O1. The molecule has 0 bridgehead atoms. The van der Waals surface area contributed by atoms with E-state index in [1.54, 1.807) is 0 Å². The van der Waals surface area contributed by atoms with Crippen LogP contribution in [0.1, 0.15) is 23.1 Å². The first-order valence-corrected chi connectivity index (χ1v) is 6.39. The maximum Gasteiger partial charge on any atom is 0.407 e. The Bertz CT molecular complexity index is 553. The number of rotatable bonds is 2. The van der Waals surface area contributed by atoms with E-state index in [-0.39, 0.29) is 18.1 Å². The van der Waals surface area contributed by atoms with E-state index in [0.717, 1.165) is 5.56 Å². The molecule has 0 aromatic heterocycles. The van der Waals surface area contributed by atoms with Crippen molar-refractivity contribution in [2.75, 3.05) is 6.54 Å². The van der Waals surface area contributed by atoms with Crippen LogP contribution in [-0.4, -0.2) is 12.6 Å². The van der Waals surface area contributed by atoms with Crippen LogP contribution in [0.15, 0.2) is 60.7 Å². The highest BCUT2D eigenvalue weighted by molar-refractivity contribution is 5.69. The number of ether oxygens (including phenoxy) is 1. The Balaban J connectivity index is 1.95. The highest BCUT2D eigenvalue weighted by Gasteiger charge is 2.32. The number of carbonyl (C=O) groups excluding carboxylic acids is 1. The summed E-state index contributed by atoms with van der Waals surface area (Å²) in [6.45, 7) is 0.600. The number of amides is 1. The average molecular weight is 253 g/mol. The van der Waals surface area contributed by atoms with E-state index >= 15 is 0 Å². The minimum Gasteiger partial charge on any atom is -0.441 e. The number of alkyl carbamates (subject to hydrolysis) is 1. The largest absolute Gasteiger partial charge is 0.441 e.